The number of carbonyl (C=O) groups excluding carboxylic acids is 2. The Morgan fingerprint density at radius 1 is 1.25 bits per heavy atom. The summed E-state index contributed by atoms with van der Waals surface area (Å²) in [7, 11) is 0. The Morgan fingerprint density at radius 2 is 1.96 bits per heavy atom. The molecule has 8 heteroatoms. The molecule has 0 bridgehead atoms. The van der Waals surface area contributed by atoms with Gasteiger partial charge in [-0.15, -0.1) is 0 Å². The molecule has 1 aliphatic heterocycles. The number of ketones is 1. The van der Waals surface area contributed by atoms with Gasteiger partial charge in [0.25, 0.3) is 0 Å². The second kappa shape index (κ2) is 7.91. The lowest BCUT2D eigenvalue weighted by molar-refractivity contribution is -0.121. The van der Waals surface area contributed by atoms with Crippen LogP contribution in [0.2, 0.25) is 0 Å². The predicted octanol–water partition coefficient (Wildman–Crippen LogP) is 2.61. The van der Waals surface area contributed by atoms with Crippen LogP contribution in [0.3, 0.4) is 0 Å². The van der Waals surface area contributed by atoms with Gasteiger partial charge in [-0.25, -0.2) is 5.43 Å². The minimum Gasteiger partial charge on any atom is -0.507 e. The molecule has 1 heterocycles. The zero-order chi connectivity index (χ0) is 20.3. The number of hydrazone groups is 2. The maximum Gasteiger partial charge on any atom is 0.240 e. The summed E-state index contributed by atoms with van der Waals surface area (Å²) in [5, 5.41) is 28.0. The molecule has 4 N–H and O–H groups in total. The molecule has 1 aliphatic rings. The number of benzene rings is 2. The highest BCUT2D eigenvalue weighted by atomic mass is 16.3. The van der Waals surface area contributed by atoms with Gasteiger partial charge < -0.3 is 10.2 Å². The zero-order valence-electron chi connectivity index (χ0n) is 15.4. The van der Waals surface area contributed by atoms with Crippen molar-refractivity contribution in [2.45, 2.75) is 20.3 Å². The summed E-state index contributed by atoms with van der Waals surface area (Å²) in [6.07, 6.45) is 1.76. The van der Waals surface area contributed by atoms with Crippen LogP contribution >= 0.6 is 0 Å². The van der Waals surface area contributed by atoms with Crippen LogP contribution in [0.5, 0.6) is 11.5 Å². The normalized spacial score (nSPS) is 16.6. The van der Waals surface area contributed by atoms with E-state index in [2.05, 4.69) is 21.1 Å². The fourth-order valence-corrected chi connectivity index (χ4v) is 2.94. The largest absolute Gasteiger partial charge is 0.507 e. The van der Waals surface area contributed by atoms with Crippen molar-refractivity contribution in [3.63, 3.8) is 0 Å². The summed E-state index contributed by atoms with van der Waals surface area (Å²) in [5.41, 5.74) is 7.92. The van der Waals surface area contributed by atoms with Crippen LogP contribution in [0.1, 0.15) is 41.8 Å². The first kappa shape index (κ1) is 19.1. The van der Waals surface area contributed by atoms with Crippen molar-refractivity contribution in [1.29, 1.82) is 0 Å². The first-order chi connectivity index (χ1) is 13.4. The van der Waals surface area contributed by atoms with Crippen LogP contribution in [0.4, 0.5) is 5.69 Å². The monoisotopic (exact) mass is 380 g/mol. The number of rotatable bonds is 5. The minimum absolute atomic E-state index is 0.0403. The molecule has 0 spiro atoms. The average molecular weight is 380 g/mol. The molecular formula is C20H20N4O4. The van der Waals surface area contributed by atoms with Crippen LogP contribution in [0.15, 0.2) is 46.6 Å². The van der Waals surface area contributed by atoms with Crippen LogP contribution in [-0.4, -0.2) is 33.8 Å². The molecule has 8 nitrogen and oxygen atoms in total. The Hall–Kier alpha value is -3.68. The lowest BCUT2D eigenvalue weighted by Crippen LogP contribution is -2.31. The molecule has 144 valence electrons. The Morgan fingerprint density at radius 3 is 2.61 bits per heavy atom. The van der Waals surface area contributed by atoms with E-state index in [1.165, 1.54) is 25.3 Å². The fraction of sp³-hybridized carbons (Fsp3) is 0.200. The number of nitrogens with zero attached hydrogens (tertiary/aromatic N) is 2. The molecule has 1 unspecified atom stereocenters. The number of Topliss-reactive ketones (excluding diaryl/α,β-unsaturated/α-hetero) is 1. The first-order valence-electron chi connectivity index (χ1n) is 8.68. The summed E-state index contributed by atoms with van der Waals surface area (Å²) < 4.78 is 0. The fourth-order valence-electron chi connectivity index (χ4n) is 2.94. The van der Waals surface area contributed by atoms with E-state index >= 15 is 0 Å². The third kappa shape index (κ3) is 4.01. The van der Waals surface area contributed by atoms with Crippen LogP contribution in [0, 0.1) is 5.92 Å². The van der Waals surface area contributed by atoms with Crippen molar-refractivity contribution < 1.29 is 19.8 Å². The molecule has 0 radical (unpaired) electrons. The van der Waals surface area contributed by atoms with Gasteiger partial charge in [-0.1, -0.05) is 19.1 Å². The number of hydrogen-bond acceptors (Lipinski definition) is 7. The SMILES string of the molecule is CC(=O)c1c(O)ccc(C=NNc2ccc(C3=NNC(=O)CC3C)cc2)c1O. The lowest BCUT2D eigenvalue weighted by atomic mass is 9.94. The molecule has 0 saturated heterocycles. The average Bonchev–Trinajstić information content (AvgIpc) is 2.64. The molecule has 1 amide bonds. The van der Waals surface area contributed by atoms with E-state index in [1.54, 1.807) is 0 Å². The molecule has 0 aliphatic carbocycles. The summed E-state index contributed by atoms with van der Waals surface area (Å²) >= 11 is 0. The van der Waals surface area contributed by atoms with Crippen molar-refractivity contribution in [2.75, 3.05) is 5.43 Å². The Kier molecular flexibility index (Phi) is 5.39. The van der Waals surface area contributed by atoms with Crippen molar-refractivity contribution in [1.82, 2.24) is 5.43 Å². The number of phenols is 2. The first-order valence-corrected chi connectivity index (χ1v) is 8.68. The highest BCUT2D eigenvalue weighted by molar-refractivity contribution is 6.06. The quantitative estimate of drug-likeness (QED) is 0.361. The summed E-state index contributed by atoms with van der Waals surface area (Å²) in [6.45, 7) is 3.21. The van der Waals surface area contributed by atoms with Crippen molar-refractivity contribution in [3.05, 3.63) is 53.1 Å². The highest BCUT2D eigenvalue weighted by Gasteiger charge is 2.21. The summed E-state index contributed by atoms with van der Waals surface area (Å²) in [5.74, 6) is -1.08. The molecule has 0 saturated carbocycles. The van der Waals surface area contributed by atoms with Crippen molar-refractivity contribution in [2.24, 2.45) is 16.1 Å². The van der Waals surface area contributed by atoms with E-state index < -0.39 is 5.78 Å². The topological polar surface area (TPSA) is 123 Å². The molecule has 2 aromatic carbocycles. The van der Waals surface area contributed by atoms with E-state index in [-0.39, 0.29) is 28.9 Å². The number of nitrogens with one attached hydrogen (secondary N) is 2. The van der Waals surface area contributed by atoms with Gasteiger partial charge in [0.05, 0.1) is 17.6 Å². The van der Waals surface area contributed by atoms with Gasteiger partial charge in [0.1, 0.15) is 17.1 Å². The van der Waals surface area contributed by atoms with Gasteiger partial charge >= 0.3 is 0 Å². The van der Waals surface area contributed by atoms with Crippen LogP contribution < -0.4 is 10.9 Å². The van der Waals surface area contributed by atoms with Gasteiger partial charge in [0.2, 0.25) is 5.91 Å². The van der Waals surface area contributed by atoms with Gasteiger partial charge in [-0.3, -0.25) is 15.0 Å². The third-order valence-electron chi connectivity index (χ3n) is 4.38. The second-order valence-electron chi connectivity index (χ2n) is 6.54. The smallest absolute Gasteiger partial charge is 0.240 e. The second-order valence-corrected chi connectivity index (χ2v) is 6.54. The van der Waals surface area contributed by atoms with Crippen LogP contribution in [-0.2, 0) is 4.79 Å². The maximum atomic E-state index is 11.5. The van der Waals surface area contributed by atoms with E-state index in [0.29, 0.717) is 17.7 Å². The molecule has 2 aromatic rings. The van der Waals surface area contributed by atoms with Gasteiger partial charge in [0, 0.05) is 17.9 Å². The standard InChI is InChI=1S/C20H20N4O4/c1-11-9-17(27)23-24-19(11)13-3-6-15(7-4-13)22-21-10-14-5-8-16(26)18(12(2)25)20(14)28/h3-8,10-11,22,26,28H,9H2,1-2H3,(H,23,27). The van der Waals surface area contributed by atoms with E-state index in [1.807, 2.05) is 31.2 Å². The lowest BCUT2D eigenvalue weighted by Gasteiger charge is -2.19. The van der Waals surface area contributed by atoms with E-state index in [9.17, 15) is 19.8 Å². The van der Waals surface area contributed by atoms with E-state index in [4.69, 9.17) is 0 Å². The molecule has 0 aromatic heterocycles. The van der Waals surface area contributed by atoms with Gasteiger partial charge in [-0.05, 0) is 36.8 Å². The zero-order valence-corrected chi connectivity index (χ0v) is 15.4. The predicted molar refractivity (Wildman–Crippen MR) is 106 cm³/mol. The Labute approximate surface area is 161 Å². The minimum atomic E-state index is -0.440. The third-order valence-corrected chi connectivity index (χ3v) is 4.38. The Bertz CT molecular complexity index is 980. The van der Waals surface area contributed by atoms with Crippen molar-refractivity contribution >= 4 is 29.3 Å². The molecule has 3 rings (SSSR count). The highest BCUT2D eigenvalue weighted by Crippen LogP contribution is 2.30. The van der Waals surface area contributed by atoms with Crippen LogP contribution in [0.25, 0.3) is 0 Å². The van der Waals surface area contributed by atoms with Gasteiger partial charge in [-0.2, -0.15) is 10.2 Å². The number of amides is 1. The Balaban J connectivity index is 1.71. The molecule has 0 fully saturated rings. The van der Waals surface area contributed by atoms with Crippen molar-refractivity contribution in [3.8, 4) is 11.5 Å². The van der Waals surface area contributed by atoms with Gasteiger partial charge in [0.15, 0.2) is 5.78 Å². The molecule has 1 atom stereocenters. The number of carbonyl (C=O) groups is 2. The number of phenolic OH excluding ortho intramolecular Hbond substituents is 2. The summed E-state index contributed by atoms with van der Waals surface area (Å²) in [4.78, 5) is 22.9. The number of hydrogen-bond donors (Lipinski definition) is 4. The molecule has 28 heavy (non-hydrogen) atoms. The summed E-state index contributed by atoms with van der Waals surface area (Å²) in [6, 6.07) is 10.2. The molecular weight excluding hydrogens is 360 g/mol. The maximum absolute atomic E-state index is 11.5. The number of aromatic hydroxyl groups is 2. The van der Waals surface area contributed by atoms with E-state index in [0.717, 1.165) is 11.3 Å². The number of anilines is 1.